The first kappa shape index (κ1) is 14.3. The fourth-order valence-electron chi connectivity index (χ4n) is 2.41. The zero-order chi connectivity index (χ0) is 15.1. The van der Waals surface area contributed by atoms with Crippen LogP contribution in [0.15, 0.2) is 6.33 Å². The molecular weight excluding hydrogens is 300 g/mol. The quantitative estimate of drug-likeness (QED) is 0.547. The molecule has 2 aromatic rings. The summed E-state index contributed by atoms with van der Waals surface area (Å²) in [7, 11) is 1.66. The number of nitrogens with zero attached hydrogens (tertiary/aromatic N) is 4. The van der Waals surface area contributed by atoms with E-state index in [-0.39, 0.29) is 11.7 Å². The number of nitrogens with two attached hydrogens (primary N) is 1. The van der Waals surface area contributed by atoms with Crippen molar-refractivity contribution >= 4 is 34.5 Å². The van der Waals surface area contributed by atoms with Crippen LogP contribution in [0.25, 0.3) is 11.2 Å². The molecule has 1 fully saturated rings. The van der Waals surface area contributed by atoms with Crippen LogP contribution in [0.1, 0.15) is 6.23 Å². The van der Waals surface area contributed by atoms with Crippen molar-refractivity contribution in [2.24, 2.45) is 0 Å². The standard InChI is InChI=1S/C11H15ClN6O3/c1-14-11-17-5-8(13)15-3-16-9(5)18(11)10-7(20)6(19)4(2-12)21-10/h3-4,6-7,10,19-20H,2H2,1H3,(H,14,17)(H2,13,15,16)/t4-,6?,7?,10-/m1/s1. The molecule has 0 spiro atoms. The van der Waals surface area contributed by atoms with E-state index in [4.69, 9.17) is 22.1 Å². The van der Waals surface area contributed by atoms with E-state index in [0.29, 0.717) is 17.1 Å². The van der Waals surface area contributed by atoms with Gasteiger partial charge in [-0.3, -0.25) is 4.57 Å². The van der Waals surface area contributed by atoms with Gasteiger partial charge in [-0.05, 0) is 0 Å². The summed E-state index contributed by atoms with van der Waals surface area (Å²) >= 11 is 5.73. The Kier molecular flexibility index (Phi) is 3.57. The van der Waals surface area contributed by atoms with Crippen molar-refractivity contribution in [1.82, 2.24) is 19.5 Å². The molecule has 5 N–H and O–H groups in total. The van der Waals surface area contributed by atoms with Crippen molar-refractivity contribution in [3.05, 3.63) is 6.33 Å². The Hall–Kier alpha value is -1.68. The number of nitrogens with one attached hydrogen (secondary N) is 1. The summed E-state index contributed by atoms with van der Waals surface area (Å²) in [6, 6.07) is 0. The summed E-state index contributed by atoms with van der Waals surface area (Å²) in [5, 5.41) is 23.0. The highest BCUT2D eigenvalue weighted by atomic mass is 35.5. The number of rotatable bonds is 3. The molecule has 1 aliphatic heterocycles. The van der Waals surface area contributed by atoms with Crippen LogP contribution in [-0.2, 0) is 4.74 Å². The van der Waals surface area contributed by atoms with E-state index in [1.54, 1.807) is 7.05 Å². The molecule has 0 amide bonds. The van der Waals surface area contributed by atoms with Crippen molar-refractivity contribution in [2.45, 2.75) is 24.5 Å². The maximum atomic E-state index is 10.2. The van der Waals surface area contributed by atoms with Crippen molar-refractivity contribution in [3.8, 4) is 0 Å². The van der Waals surface area contributed by atoms with Gasteiger partial charge in [0.2, 0.25) is 5.95 Å². The summed E-state index contributed by atoms with van der Waals surface area (Å²) in [4.78, 5) is 12.3. The number of hydrogen-bond donors (Lipinski definition) is 4. The molecule has 114 valence electrons. The van der Waals surface area contributed by atoms with Gasteiger partial charge in [0.15, 0.2) is 23.2 Å². The lowest BCUT2D eigenvalue weighted by molar-refractivity contribution is -0.0278. The number of anilines is 2. The molecule has 0 saturated carbocycles. The number of aromatic nitrogens is 4. The lowest BCUT2D eigenvalue weighted by atomic mass is 10.1. The monoisotopic (exact) mass is 314 g/mol. The molecule has 0 bridgehead atoms. The van der Waals surface area contributed by atoms with Crippen LogP contribution in [0, 0.1) is 0 Å². The van der Waals surface area contributed by atoms with Crippen LogP contribution in [-0.4, -0.2) is 61.0 Å². The van der Waals surface area contributed by atoms with Crippen LogP contribution in [0.5, 0.6) is 0 Å². The first-order valence-electron chi connectivity index (χ1n) is 6.32. The first-order chi connectivity index (χ1) is 10.1. The van der Waals surface area contributed by atoms with Crippen molar-refractivity contribution in [3.63, 3.8) is 0 Å². The summed E-state index contributed by atoms with van der Waals surface area (Å²) in [6.07, 6.45) is -2.49. The van der Waals surface area contributed by atoms with Gasteiger partial charge >= 0.3 is 0 Å². The third-order valence-corrected chi connectivity index (χ3v) is 3.78. The SMILES string of the molecule is CNc1nc2c(N)ncnc2n1[C@@H]1O[C@H](CCl)C(O)C1O. The van der Waals surface area contributed by atoms with Gasteiger partial charge in [0.1, 0.15) is 24.6 Å². The summed E-state index contributed by atoms with van der Waals surface area (Å²) in [6.45, 7) is 0. The topological polar surface area (TPSA) is 131 Å². The Balaban J connectivity index is 2.14. The predicted molar refractivity (Wildman–Crippen MR) is 75.9 cm³/mol. The Bertz CT molecular complexity index is 665. The Labute approximate surface area is 124 Å². The number of hydrogen-bond acceptors (Lipinski definition) is 8. The van der Waals surface area contributed by atoms with Crippen molar-refractivity contribution in [2.75, 3.05) is 24.0 Å². The predicted octanol–water partition coefficient (Wildman–Crippen LogP) is -0.692. The summed E-state index contributed by atoms with van der Waals surface area (Å²) < 4.78 is 7.16. The highest BCUT2D eigenvalue weighted by molar-refractivity contribution is 6.18. The second kappa shape index (κ2) is 5.26. The van der Waals surface area contributed by atoms with Gasteiger partial charge in [-0.15, -0.1) is 11.6 Å². The fraction of sp³-hybridized carbons (Fsp3) is 0.545. The smallest absolute Gasteiger partial charge is 0.207 e. The van der Waals surface area contributed by atoms with Gasteiger partial charge in [0, 0.05) is 7.05 Å². The van der Waals surface area contributed by atoms with Gasteiger partial charge in [0.05, 0.1) is 5.88 Å². The van der Waals surface area contributed by atoms with Crippen LogP contribution in [0.3, 0.4) is 0 Å². The molecular formula is C11H15ClN6O3. The average Bonchev–Trinajstić information content (AvgIpc) is 2.99. The number of ether oxygens (including phenoxy) is 1. The van der Waals surface area contributed by atoms with Crippen molar-refractivity contribution in [1.29, 1.82) is 0 Å². The van der Waals surface area contributed by atoms with Crippen LogP contribution in [0.4, 0.5) is 11.8 Å². The summed E-state index contributed by atoms with van der Waals surface area (Å²) in [5.41, 5.74) is 6.57. The number of halogens is 1. The van der Waals surface area contributed by atoms with E-state index in [1.165, 1.54) is 10.9 Å². The zero-order valence-corrected chi connectivity index (χ0v) is 11.9. The first-order valence-corrected chi connectivity index (χ1v) is 6.85. The largest absolute Gasteiger partial charge is 0.387 e. The van der Waals surface area contributed by atoms with E-state index >= 15 is 0 Å². The molecule has 2 unspecified atom stereocenters. The Morgan fingerprint density at radius 2 is 2.19 bits per heavy atom. The molecule has 0 aromatic carbocycles. The maximum absolute atomic E-state index is 10.2. The second-order valence-electron chi connectivity index (χ2n) is 4.69. The molecule has 2 aromatic heterocycles. The van der Waals surface area contributed by atoms with Crippen LogP contribution < -0.4 is 11.1 Å². The zero-order valence-electron chi connectivity index (χ0n) is 11.1. The second-order valence-corrected chi connectivity index (χ2v) is 5.00. The van der Waals surface area contributed by atoms with Gasteiger partial charge in [0.25, 0.3) is 0 Å². The molecule has 3 rings (SSSR count). The third kappa shape index (κ3) is 2.09. The van der Waals surface area contributed by atoms with Gasteiger partial charge in [-0.2, -0.15) is 0 Å². The highest BCUT2D eigenvalue weighted by Crippen LogP contribution is 2.35. The van der Waals surface area contributed by atoms with E-state index in [2.05, 4.69) is 20.3 Å². The average molecular weight is 315 g/mol. The van der Waals surface area contributed by atoms with Gasteiger partial charge in [-0.25, -0.2) is 15.0 Å². The number of alkyl halides is 1. The minimum Gasteiger partial charge on any atom is -0.387 e. The fourth-order valence-corrected chi connectivity index (χ4v) is 2.67. The normalized spacial score (nSPS) is 29.1. The number of aliphatic hydroxyl groups is 2. The highest BCUT2D eigenvalue weighted by Gasteiger charge is 2.44. The number of fused-ring (bicyclic) bond motifs is 1. The number of aliphatic hydroxyl groups excluding tert-OH is 2. The molecule has 10 heteroatoms. The maximum Gasteiger partial charge on any atom is 0.207 e. The van der Waals surface area contributed by atoms with E-state index in [9.17, 15) is 10.2 Å². The lowest BCUT2D eigenvalue weighted by Crippen LogP contribution is -2.32. The number of imidazole rings is 1. The number of nitrogen functional groups attached to an aromatic ring is 1. The molecule has 0 aliphatic carbocycles. The molecule has 9 nitrogen and oxygen atoms in total. The lowest BCUT2D eigenvalue weighted by Gasteiger charge is -2.18. The van der Waals surface area contributed by atoms with E-state index < -0.39 is 24.5 Å². The van der Waals surface area contributed by atoms with E-state index in [0.717, 1.165) is 0 Å². The summed E-state index contributed by atoms with van der Waals surface area (Å²) in [5.74, 6) is 0.675. The van der Waals surface area contributed by atoms with Gasteiger partial charge in [-0.1, -0.05) is 0 Å². The molecule has 3 heterocycles. The molecule has 21 heavy (non-hydrogen) atoms. The minimum atomic E-state index is -1.16. The molecule has 1 saturated heterocycles. The Morgan fingerprint density at radius 1 is 1.43 bits per heavy atom. The minimum absolute atomic E-state index is 0.0629. The van der Waals surface area contributed by atoms with Crippen molar-refractivity contribution < 1.29 is 14.9 Å². The Morgan fingerprint density at radius 3 is 2.81 bits per heavy atom. The van der Waals surface area contributed by atoms with Crippen LogP contribution in [0.2, 0.25) is 0 Å². The molecule has 4 atom stereocenters. The van der Waals surface area contributed by atoms with E-state index in [1.807, 2.05) is 0 Å². The van der Waals surface area contributed by atoms with Crippen LogP contribution >= 0.6 is 11.6 Å². The third-order valence-electron chi connectivity index (χ3n) is 3.47. The molecule has 1 aliphatic rings. The molecule has 0 radical (unpaired) electrons. The van der Waals surface area contributed by atoms with Gasteiger partial charge < -0.3 is 26.0 Å².